The van der Waals surface area contributed by atoms with E-state index in [9.17, 15) is 0 Å². The first-order valence-electron chi connectivity index (χ1n) is 9.83. The molecule has 6 aliphatic rings. The van der Waals surface area contributed by atoms with Crippen molar-refractivity contribution < 1.29 is 24.0 Å². The number of hydrogen-bond donors (Lipinski definition) is 0. The van der Waals surface area contributed by atoms with E-state index >= 15 is 0 Å². The molecule has 2 bridgehead atoms. The standard InChI is InChI=1S/C19H30O5/c1-11-4-7-15-12(2)16(20-10-13-5-6-13)21-17-19(15)14(11)8-9-18(3,22-17)23-24-19/h11-17H,4-10H2,1-3H3/t11-,12-,14+,15+,16+,17-,18+,19-/m1/s1. The third-order valence-electron chi connectivity index (χ3n) is 7.29. The minimum absolute atomic E-state index is 0.188. The van der Waals surface area contributed by atoms with Crippen LogP contribution in [0.1, 0.15) is 59.3 Å². The summed E-state index contributed by atoms with van der Waals surface area (Å²) in [5.41, 5.74) is -0.466. The van der Waals surface area contributed by atoms with E-state index < -0.39 is 11.4 Å². The molecule has 8 atom stereocenters. The van der Waals surface area contributed by atoms with Crippen molar-refractivity contribution in [1.82, 2.24) is 0 Å². The molecule has 4 heterocycles. The summed E-state index contributed by atoms with van der Waals surface area (Å²) >= 11 is 0. The zero-order valence-electron chi connectivity index (χ0n) is 15.0. The molecule has 0 radical (unpaired) electrons. The Kier molecular flexibility index (Phi) is 3.60. The quantitative estimate of drug-likeness (QED) is 0.736. The van der Waals surface area contributed by atoms with Crippen molar-refractivity contribution in [3.05, 3.63) is 0 Å². The first-order chi connectivity index (χ1) is 11.5. The largest absolute Gasteiger partial charge is 0.352 e. The van der Waals surface area contributed by atoms with Crippen molar-refractivity contribution in [3.8, 4) is 0 Å². The Morgan fingerprint density at radius 2 is 1.83 bits per heavy atom. The van der Waals surface area contributed by atoms with Crippen LogP contribution < -0.4 is 0 Å². The fourth-order valence-electron chi connectivity index (χ4n) is 5.58. The number of ether oxygens (including phenoxy) is 3. The lowest BCUT2D eigenvalue weighted by Gasteiger charge is -2.60. The molecule has 4 aliphatic heterocycles. The molecule has 24 heavy (non-hydrogen) atoms. The van der Waals surface area contributed by atoms with Crippen LogP contribution in [0, 0.1) is 29.6 Å². The Morgan fingerprint density at radius 1 is 1.00 bits per heavy atom. The minimum atomic E-state index is -0.695. The van der Waals surface area contributed by atoms with Gasteiger partial charge in [0.1, 0.15) is 0 Å². The Balaban J connectivity index is 1.47. The summed E-state index contributed by atoms with van der Waals surface area (Å²) in [7, 11) is 0. The minimum Gasteiger partial charge on any atom is -0.352 e. The van der Waals surface area contributed by atoms with E-state index in [1.54, 1.807) is 0 Å². The molecule has 5 nitrogen and oxygen atoms in total. The predicted molar refractivity (Wildman–Crippen MR) is 85.5 cm³/mol. The molecule has 0 unspecified atom stereocenters. The normalized spacial score (nSPS) is 56.6. The van der Waals surface area contributed by atoms with Gasteiger partial charge >= 0.3 is 0 Å². The van der Waals surface area contributed by atoms with Crippen LogP contribution >= 0.6 is 0 Å². The van der Waals surface area contributed by atoms with Crippen LogP contribution in [0.2, 0.25) is 0 Å². The van der Waals surface area contributed by atoms with Crippen molar-refractivity contribution >= 4 is 0 Å². The molecule has 6 fully saturated rings. The van der Waals surface area contributed by atoms with Gasteiger partial charge in [-0.1, -0.05) is 13.8 Å². The molecule has 2 saturated carbocycles. The average Bonchev–Trinajstić information content (AvgIpc) is 3.38. The van der Waals surface area contributed by atoms with Gasteiger partial charge in [0, 0.05) is 18.3 Å². The van der Waals surface area contributed by atoms with Gasteiger partial charge in [-0.25, -0.2) is 9.78 Å². The van der Waals surface area contributed by atoms with Gasteiger partial charge in [0.25, 0.3) is 0 Å². The summed E-state index contributed by atoms with van der Waals surface area (Å²) in [6.07, 6.45) is 6.33. The summed E-state index contributed by atoms with van der Waals surface area (Å²) in [5, 5.41) is 0. The highest BCUT2D eigenvalue weighted by atomic mass is 17.3. The van der Waals surface area contributed by atoms with E-state index in [0.717, 1.165) is 31.8 Å². The summed E-state index contributed by atoms with van der Waals surface area (Å²) in [6, 6.07) is 0. The topological polar surface area (TPSA) is 46.2 Å². The lowest BCUT2D eigenvalue weighted by atomic mass is 9.58. The molecular formula is C19H30O5. The van der Waals surface area contributed by atoms with Crippen LogP contribution in [-0.4, -0.2) is 30.6 Å². The van der Waals surface area contributed by atoms with Crippen molar-refractivity contribution in [2.45, 2.75) is 83.3 Å². The monoisotopic (exact) mass is 338 g/mol. The van der Waals surface area contributed by atoms with Gasteiger partial charge in [0.05, 0.1) is 6.61 Å². The first kappa shape index (κ1) is 16.0. The van der Waals surface area contributed by atoms with E-state index in [0.29, 0.717) is 23.7 Å². The highest BCUT2D eigenvalue weighted by Gasteiger charge is 2.69. The number of fused-ring (bicyclic) bond motifs is 2. The number of hydrogen-bond acceptors (Lipinski definition) is 5. The molecule has 6 rings (SSSR count). The van der Waals surface area contributed by atoms with Crippen LogP contribution in [0.25, 0.3) is 0 Å². The molecule has 4 saturated heterocycles. The van der Waals surface area contributed by atoms with E-state index in [4.69, 9.17) is 24.0 Å². The maximum absolute atomic E-state index is 6.39. The van der Waals surface area contributed by atoms with Crippen LogP contribution in [-0.2, 0) is 24.0 Å². The lowest BCUT2D eigenvalue weighted by molar-refractivity contribution is -0.577. The third kappa shape index (κ3) is 2.25. The van der Waals surface area contributed by atoms with Gasteiger partial charge in [-0.05, 0) is 56.8 Å². The van der Waals surface area contributed by atoms with Gasteiger partial charge in [-0.3, -0.25) is 0 Å². The fraction of sp³-hybridized carbons (Fsp3) is 1.00. The van der Waals surface area contributed by atoms with Crippen LogP contribution in [0.4, 0.5) is 0 Å². The summed E-state index contributed by atoms with van der Waals surface area (Å²) in [4.78, 5) is 12.0. The Labute approximate surface area is 144 Å². The molecule has 0 aromatic heterocycles. The van der Waals surface area contributed by atoms with Crippen LogP contribution in [0.15, 0.2) is 0 Å². The molecule has 0 N–H and O–H groups in total. The van der Waals surface area contributed by atoms with Gasteiger partial charge < -0.3 is 14.2 Å². The van der Waals surface area contributed by atoms with Crippen LogP contribution in [0.5, 0.6) is 0 Å². The zero-order chi connectivity index (χ0) is 16.5. The molecule has 5 heteroatoms. The summed E-state index contributed by atoms with van der Waals surface area (Å²) in [6.45, 7) is 7.38. The second-order valence-corrected chi connectivity index (χ2v) is 9.05. The molecule has 0 aromatic carbocycles. The molecule has 2 aliphatic carbocycles. The van der Waals surface area contributed by atoms with Gasteiger partial charge in [0.15, 0.2) is 18.2 Å². The Bertz CT molecular complexity index is 508. The summed E-state index contributed by atoms with van der Waals surface area (Å²) in [5.74, 6) is 1.74. The van der Waals surface area contributed by atoms with Gasteiger partial charge in [-0.15, -0.1) is 0 Å². The smallest absolute Gasteiger partial charge is 0.201 e. The fourth-order valence-corrected chi connectivity index (χ4v) is 5.58. The van der Waals surface area contributed by atoms with Crippen molar-refractivity contribution in [1.29, 1.82) is 0 Å². The third-order valence-corrected chi connectivity index (χ3v) is 7.29. The second kappa shape index (κ2) is 5.40. The predicted octanol–water partition coefficient (Wildman–Crippen LogP) is 3.62. The van der Waals surface area contributed by atoms with E-state index in [2.05, 4.69) is 13.8 Å². The Morgan fingerprint density at radius 3 is 2.62 bits per heavy atom. The Hall–Kier alpha value is -0.200. The first-order valence-corrected chi connectivity index (χ1v) is 9.83. The van der Waals surface area contributed by atoms with Gasteiger partial charge in [0.2, 0.25) is 5.79 Å². The molecule has 1 spiro atoms. The SMILES string of the molecule is C[C@H]1[C@@H](OCC2CC2)O[C@@H]2O[C@]3(C)CC[C@H]4[C@H](C)CC[C@@H]1[C@@]24OO3. The second-order valence-electron chi connectivity index (χ2n) is 9.05. The van der Waals surface area contributed by atoms with E-state index in [1.165, 1.54) is 19.3 Å². The molecular weight excluding hydrogens is 308 g/mol. The molecule has 0 amide bonds. The highest BCUT2D eigenvalue weighted by Crippen LogP contribution is 2.60. The average molecular weight is 338 g/mol. The van der Waals surface area contributed by atoms with Crippen LogP contribution in [0.3, 0.4) is 0 Å². The van der Waals surface area contributed by atoms with Crippen molar-refractivity contribution in [2.24, 2.45) is 29.6 Å². The summed E-state index contributed by atoms with van der Waals surface area (Å²) < 4.78 is 18.9. The molecule has 136 valence electrons. The van der Waals surface area contributed by atoms with Crippen molar-refractivity contribution in [2.75, 3.05) is 6.61 Å². The maximum Gasteiger partial charge on any atom is 0.201 e. The maximum atomic E-state index is 6.39. The van der Waals surface area contributed by atoms with Crippen molar-refractivity contribution in [3.63, 3.8) is 0 Å². The lowest BCUT2D eigenvalue weighted by Crippen LogP contribution is -2.70. The van der Waals surface area contributed by atoms with E-state index in [1.807, 2.05) is 6.92 Å². The number of rotatable bonds is 3. The highest BCUT2D eigenvalue weighted by molar-refractivity contribution is 5.09. The molecule has 0 aromatic rings. The van der Waals surface area contributed by atoms with Gasteiger partial charge in [-0.2, -0.15) is 0 Å². The zero-order valence-corrected chi connectivity index (χ0v) is 15.0. The van der Waals surface area contributed by atoms with E-state index in [-0.39, 0.29) is 12.6 Å².